The Balaban J connectivity index is 1.91. The predicted octanol–water partition coefficient (Wildman–Crippen LogP) is 2.56. The van der Waals surface area contributed by atoms with Crippen LogP contribution in [-0.4, -0.2) is 36.5 Å². The molecular weight excluding hydrogens is 274 g/mol. The molecule has 1 aromatic heterocycles. The van der Waals surface area contributed by atoms with Gasteiger partial charge in [-0.05, 0) is 37.3 Å². The lowest BCUT2D eigenvalue weighted by Crippen LogP contribution is -2.42. The molecule has 4 nitrogen and oxygen atoms in total. The fraction of sp³-hybridized carbons (Fsp3) is 0.467. The average molecular weight is 293 g/mol. The molecule has 108 valence electrons. The zero-order valence-corrected chi connectivity index (χ0v) is 12.4. The molecule has 1 fully saturated rings. The monoisotopic (exact) mass is 293 g/mol. The van der Waals surface area contributed by atoms with Gasteiger partial charge in [-0.15, -0.1) is 11.3 Å². The summed E-state index contributed by atoms with van der Waals surface area (Å²) in [7, 11) is 0. The molecule has 2 rings (SSSR count). The lowest BCUT2D eigenvalue weighted by atomic mass is 9.98. The number of carbonyl (C=O) groups excluding carboxylic acids is 2. The van der Waals surface area contributed by atoms with Crippen LogP contribution in [0, 0.1) is 5.92 Å². The molecule has 5 heteroatoms. The van der Waals surface area contributed by atoms with Crippen LogP contribution in [0.4, 0.5) is 0 Å². The van der Waals surface area contributed by atoms with Gasteiger partial charge < -0.3 is 9.64 Å². The first-order valence-corrected chi connectivity index (χ1v) is 7.75. The lowest BCUT2D eigenvalue weighted by molar-refractivity contribution is -0.150. The maximum absolute atomic E-state index is 12.1. The molecule has 0 unspecified atom stereocenters. The number of esters is 1. The summed E-state index contributed by atoms with van der Waals surface area (Å²) in [6.45, 7) is 3.37. The highest BCUT2D eigenvalue weighted by atomic mass is 32.1. The topological polar surface area (TPSA) is 46.6 Å². The van der Waals surface area contributed by atoms with Crippen molar-refractivity contribution >= 4 is 29.3 Å². The van der Waals surface area contributed by atoms with Crippen molar-refractivity contribution in [3.05, 3.63) is 28.5 Å². The maximum Gasteiger partial charge on any atom is 0.310 e. The number of likely N-dealkylation sites (tertiary alicyclic amines) is 1. The molecule has 0 aliphatic carbocycles. The Morgan fingerprint density at radius 3 is 3.10 bits per heavy atom. The third-order valence-electron chi connectivity index (χ3n) is 3.29. The van der Waals surface area contributed by atoms with Gasteiger partial charge in [0.25, 0.3) is 0 Å². The number of rotatable bonds is 4. The Labute approximate surface area is 123 Å². The highest BCUT2D eigenvalue weighted by molar-refractivity contribution is 7.10. The summed E-state index contributed by atoms with van der Waals surface area (Å²) in [4.78, 5) is 26.6. The molecule has 2 heterocycles. The number of piperidine rings is 1. The number of nitrogens with zero attached hydrogens (tertiary/aromatic N) is 1. The summed E-state index contributed by atoms with van der Waals surface area (Å²) in [5.74, 6) is -0.401. The molecule has 1 aliphatic rings. The second-order valence-electron chi connectivity index (χ2n) is 4.72. The summed E-state index contributed by atoms with van der Waals surface area (Å²) in [6, 6.07) is 3.92. The quantitative estimate of drug-likeness (QED) is 0.633. The van der Waals surface area contributed by atoms with E-state index in [-0.39, 0.29) is 17.8 Å². The largest absolute Gasteiger partial charge is 0.466 e. The minimum atomic E-state index is -0.188. The van der Waals surface area contributed by atoms with Crippen molar-refractivity contribution in [2.75, 3.05) is 19.7 Å². The molecule has 0 radical (unpaired) electrons. The highest BCUT2D eigenvalue weighted by Gasteiger charge is 2.28. The molecule has 20 heavy (non-hydrogen) atoms. The van der Waals surface area contributed by atoms with Gasteiger partial charge in [-0.3, -0.25) is 9.59 Å². The van der Waals surface area contributed by atoms with Crippen LogP contribution in [0.3, 0.4) is 0 Å². The third kappa shape index (κ3) is 3.93. The maximum atomic E-state index is 12.1. The van der Waals surface area contributed by atoms with Gasteiger partial charge in [0, 0.05) is 24.0 Å². The Bertz CT molecular complexity index is 481. The second-order valence-corrected chi connectivity index (χ2v) is 5.70. The molecule has 0 bridgehead atoms. The summed E-state index contributed by atoms with van der Waals surface area (Å²) in [5.41, 5.74) is 0. The third-order valence-corrected chi connectivity index (χ3v) is 4.12. The fourth-order valence-corrected chi connectivity index (χ4v) is 2.89. The molecule has 0 saturated carbocycles. The van der Waals surface area contributed by atoms with Crippen LogP contribution < -0.4 is 0 Å². The molecular formula is C15H19NO3S. The van der Waals surface area contributed by atoms with Crippen LogP contribution in [0.1, 0.15) is 24.6 Å². The Hall–Kier alpha value is -1.62. The fourth-order valence-electron chi connectivity index (χ4n) is 2.27. The lowest BCUT2D eigenvalue weighted by Gasteiger charge is -2.30. The van der Waals surface area contributed by atoms with Crippen LogP contribution in [-0.2, 0) is 14.3 Å². The molecule has 1 aliphatic heterocycles. The van der Waals surface area contributed by atoms with Crippen molar-refractivity contribution in [3.63, 3.8) is 0 Å². The normalized spacial score (nSPS) is 19.2. The number of thiophene rings is 1. The summed E-state index contributed by atoms with van der Waals surface area (Å²) < 4.78 is 5.04. The van der Waals surface area contributed by atoms with Crippen LogP contribution in [0.2, 0.25) is 0 Å². The van der Waals surface area contributed by atoms with Crippen molar-refractivity contribution < 1.29 is 14.3 Å². The van der Waals surface area contributed by atoms with Gasteiger partial charge in [-0.25, -0.2) is 0 Å². The molecule has 1 saturated heterocycles. The molecule has 0 aromatic carbocycles. The first-order chi connectivity index (χ1) is 9.70. The molecule has 1 amide bonds. The highest BCUT2D eigenvalue weighted by Crippen LogP contribution is 2.19. The molecule has 0 spiro atoms. The van der Waals surface area contributed by atoms with E-state index in [1.165, 1.54) is 0 Å². The second kappa shape index (κ2) is 7.24. The molecule has 1 aromatic rings. The van der Waals surface area contributed by atoms with E-state index in [9.17, 15) is 9.59 Å². The van der Waals surface area contributed by atoms with Gasteiger partial charge >= 0.3 is 5.97 Å². The van der Waals surface area contributed by atoms with Gasteiger partial charge in [-0.2, -0.15) is 0 Å². The minimum absolute atomic E-state index is 0.0348. The number of ether oxygens (including phenoxy) is 1. The number of hydrogen-bond acceptors (Lipinski definition) is 4. The van der Waals surface area contributed by atoms with Crippen LogP contribution in [0.25, 0.3) is 6.08 Å². The first kappa shape index (κ1) is 14.8. The van der Waals surface area contributed by atoms with E-state index in [1.54, 1.807) is 29.2 Å². The Morgan fingerprint density at radius 1 is 1.55 bits per heavy atom. The van der Waals surface area contributed by atoms with Crippen LogP contribution in [0.5, 0.6) is 0 Å². The van der Waals surface area contributed by atoms with Gasteiger partial charge in [0.05, 0.1) is 12.5 Å². The zero-order valence-electron chi connectivity index (χ0n) is 11.6. The summed E-state index contributed by atoms with van der Waals surface area (Å²) in [6.07, 6.45) is 5.06. The van der Waals surface area contributed by atoms with Crippen molar-refractivity contribution in [3.8, 4) is 0 Å². The molecule has 0 N–H and O–H groups in total. The summed E-state index contributed by atoms with van der Waals surface area (Å²) in [5, 5.41) is 1.97. The smallest absolute Gasteiger partial charge is 0.310 e. The van der Waals surface area contributed by atoms with Crippen molar-refractivity contribution in [1.29, 1.82) is 0 Å². The van der Waals surface area contributed by atoms with E-state index in [2.05, 4.69) is 0 Å². The van der Waals surface area contributed by atoms with Crippen LogP contribution >= 0.6 is 11.3 Å². The van der Waals surface area contributed by atoms with E-state index in [4.69, 9.17) is 4.74 Å². The Kier molecular flexibility index (Phi) is 5.35. The van der Waals surface area contributed by atoms with Gasteiger partial charge in [-0.1, -0.05) is 6.07 Å². The number of carbonyl (C=O) groups is 2. The predicted molar refractivity (Wildman–Crippen MR) is 79.3 cm³/mol. The molecule has 1 atom stereocenters. The Morgan fingerprint density at radius 2 is 2.40 bits per heavy atom. The van der Waals surface area contributed by atoms with Crippen LogP contribution in [0.15, 0.2) is 23.6 Å². The number of amides is 1. The first-order valence-electron chi connectivity index (χ1n) is 6.88. The summed E-state index contributed by atoms with van der Waals surface area (Å²) >= 11 is 1.59. The van der Waals surface area contributed by atoms with Crippen molar-refractivity contribution in [2.45, 2.75) is 19.8 Å². The van der Waals surface area contributed by atoms with E-state index < -0.39 is 0 Å². The standard InChI is InChI=1S/C15H19NO3S/c1-2-19-15(18)12-5-3-9-16(11-12)14(17)8-7-13-6-4-10-20-13/h4,6-8,10,12H,2-3,5,9,11H2,1H3/b8-7-/t12-/m0/s1. The van der Waals surface area contributed by atoms with Gasteiger partial charge in [0.2, 0.25) is 5.91 Å². The van der Waals surface area contributed by atoms with Crippen molar-refractivity contribution in [1.82, 2.24) is 4.90 Å². The van der Waals surface area contributed by atoms with E-state index in [0.29, 0.717) is 19.7 Å². The SMILES string of the molecule is CCOC(=O)[C@H]1CCCN(C(=O)/C=C\c2cccs2)C1. The van der Waals surface area contributed by atoms with Gasteiger partial charge in [0.1, 0.15) is 0 Å². The van der Waals surface area contributed by atoms with E-state index in [0.717, 1.165) is 17.7 Å². The van der Waals surface area contributed by atoms with Crippen molar-refractivity contribution in [2.24, 2.45) is 5.92 Å². The van der Waals surface area contributed by atoms with E-state index in [1.807, 2.05) is 23.6 Å². The minimum Gasteiger partial charge on any atom is -0.466 e. The average Bonchev–Trinajstić information content (AvgIpc) is 2.98. The van der Waals surface area contributed by atoms with Gasteiger partial charge in [0.15, 0.2) is 0 Å². The zero-order chi connectivity index (χ0) is 14.4. The number of hydrogen-bond donors (Lipinski definition) is 0. The van der Waals surface area contributed by atoms with E-state index >= 15 is 0 Å².